The number of rotatable bonds is 8. The Balaban J connectivity index is 1.40. The SMILES string of the molecule is COc1ccc(-c2cccc3c2CCN(C(=O)/C=C/c2c(-n4cnnn4)ccc(Cl)c2F)C3C(=O)Nc2ccc(C(=O)O)cc2)c(Cl)c1. The maximum atomic E-state index is 15.2. The van der Waals surface area contributed by atoms with Crippen LogP contribution in [0.2, 0.25) is 10.0 Å². The average molecular weight is 688 g/mol. The lowest BCUT2D eigenvalue weighted by Gasteiger charge is -2.37. The quantitative estimate of drug-likeness (QED) is 0.182. The van der Waals surface area contributed by atoms with Gasteiger partial charge in [0.05, 0.1) is 28.4 Å². The minimum Gasteiger partial charge on any atom is -0.497 e. The summed E-state index contributed by atoms with van der Waals surface area (Å²) in [5, 5.41) is 23.4. The van der Waals surface area contributed by atoms with Crippen molar-refractivity contribution in [1.29, 1.82) is 0 Å². The monoisotopic (exact) mass is 686 g/mol. The van der Waals surface area contributed by atoms with Crippen LogP contribution in [0.3, 0.4) is 0 Å². The van der Waals surface area contributed by atoms with Gasteiger partial charge in [-0.3, -0.25) is 9.59 Å². The molecular formula is C34H25Cl2FN6O5. The summed E-state index contributed by atoms with van der Waals surface area (Å²) in [4.78, 5) is 40.7. The number of anilines is 1. The van der Waals surface area contributed by atoms with Crippen LogP contribution in [0.25, 0.3) is 22.9 Å². The fraction of sp³-hybridized carbons (Fsp3) is 0.118. The zero-order valence-corrected chi connectivity index (χ0v) is 26.6. The smallest absolute Gasteiger partial charge is 0.335 e. The van der Waals surface area contributed by atoms with Crippen LogP contribution in [-0.4, -0.2) is 61.7 Å². The van der Waals surface area contributed by atoms with Crippen molar-refractivity contribution in [1.82, 2.24) is 25.1 Å². The van der Waals surface area contributed by atoms with Crippen molar-refractivity contribution in [2.75, 3.05) is 19.0 Å². The molecule has 1 aromatic heterocycles. The van der Waals surface area contributed by atoms with Crippen LogP contribution in [0.4, 0.5) is 10.1 Å². The molecular weight excluding hydrogens is 662 g/mol. The first-order chi connectivity index (χ1) is 23.2. The third kappa shape index (κ3) is 6.35. The average Bonchev–Trinajstić information content (AvgIpc) is 3.63. The van der Waals surface area contributed by atoms with Crippen LogP contribution in [0.5, 0.6) is 5.75 Å². The molecule has 0 saturated heterocycles. The highest BCUT2D eigenvalue weighted by Gasteiger charge is 2.36. The minimum absolute atomic E-state index is 0.0310. The number of carboxylic acid groups (broad SMARTS) is 1. The number of carbonyl (C=O) groups excluding carboxylic acids is 2. The molecule has 1 atom stereocenters. The Hall–Kier alpha value is -5.59. The van der Waals surface area contributed by atoms with Gasteiger partial charge in [-0.25, -0.2) is 9.18 Å². The van der Waals surface area contributed by atoms with Crippen molar-refractivity contribution in [2.24, 2.45) is 0 Å². The van der Waals surface area contributed by atoms with Gasteiger partial charge >= 0.3 is 5.97 Å². The van der Waals surface area contributed by atoms with Crippen LogP contribution in [0.15, 0.2) is 85.2 Å². The number of carbonyl (C=O) groups is 3. The highest BCUT2D eigenvalue weighted by Crippen LogP contribution is 2.40. The number of aromatic carboxylic acids is 1. The molecule has 0 spiro atoms. The third-order valence-electron chi connectivity index (χ3n) is 7.92. The molecule has 4 aromatic carbocycles. The van der Waals surface area contributed by atoms with Gasteiger partial charge in [-0.05, 0) is 94.2 Å². The number of methoxy groups -OCH3 is 1. The van der Waals surface area contributed by atoms with Gasteiger partial charge in [0.15, 0.2) is 5.82 Å². The number of hydrogen-bond donors (Lipinski definition) is 2. The van der Waals surface area contributed by atoms with Crippen molar-refractivity contribution in [3.05, 3.63) is 123 Å². The largest absolute Gasteiger partial charge is 0.497 e. The predicted molar refractivity (Wildman–Crippen MR) is 177 cm³/mol. The van der Waals surface area contributed by atoms with E-state index in [1.807, 2.05) is 12.1 Å². The van der Waals surface area contributed by atoms with Crippen LogP contribution < -0.4 is 10.1 Å². The Morgan fingerprint density at radius 3 is 2.50 bits per heavy atom. The van der Waals surface area contributed by atoms with Crippen molar-refractivity contribution in [3.63, 3.8) is 0 Å². The molecule has 0 fully saturated rings. The van der Waals surface area contributed by atoms with Crippen molar-refractivity contribution in [2.45, 2.75) is 12.5 Å². The fourth-order valence-corrected chi connectivity index (χ4v) is 6.06. The Labute approximate surface area is 283 Å². The van der Waals surface area contributed by atoms with E-state index in [1.165, 1.54) is 64.5 Å². The molecule has 1 unspecified atom stereocenters. The normalized spacial score (nSPS) is 14.1. The van der Waals surface area contributed by atoms with E-state index < -0.39 is 29.6 Å². The van der Waals surface area contributed by atoms with E-state index in [0.717, 1.165) is 16.7 Å². The van der Waals surface area contributed by atoms with Gasteiger partial charge in [-0.1, -0.05) is 41.4 Å². The van der Waals surface area contributed by atoms with E-state index in [2.05, 4.69) is 20.8 Å². The minimum atomic E-state index is -1.12. The first-order valence-electron chi connectivity index (χ1n) is 14.5. The molecule has 0 aliphatic carbocycles. The molecule has 0 bridgehead atoms. The fourth-order valence-electron chi connectivity index (χ4n) is 5.63. The number of amides is 2. The van der Waals surface area contributed by atoms with Crippen LogP contribution in [-0.2, 0) is 16.0 Å². The first kappa shape index (κ1) is 32.4. The molecule has 6 rings (SSSR count). The highest BCUT2D eigenvalue weighted by molar-refractivity contribution is 6.33. The molecule has 1 aliphatic rings. The maximum Gasteiger partial charge on any atom is 0.335 e. The Bertz CT molecular complexity index is 2070. The summed E-state index contributed by atoms with van der Waals surface area (Å²) in [7, 11) is 1.54. The van der Waals surface area contributed by atoms with Crippen LogP contribution in [0, 0.1) is 5.82 Å². The molecule has 1 aliphatic heterocycles. The summed E-state index contributed by atoms with van der Waals surface area (Å²) < 4.78 is 21.8. The van der Waals surface area contributed by atoms with Crippen molar-refractivity contribution in [3.8, 4) is 22.6 Å². The van der Waals surface area contributed by atoms with Gasteiger partial charge in [0.25, 0.3) is 5.91 Å². The summed E-state index contributed by atoms with van der Waals surface area (Å²) in [6.45, 7) is 0.134. The molecule has 0 radical (unpaired) electrons. The van der Waals surface area contributed by atoms with E-state index >= 15 is 4.39 Å². The van der Waals surface area contributed by atoms with Gasteiger partial charge < -0.3 is 20.1 Å². The zero-order valence-electron chi connectivity index (χ0n) is 25.1. The van der Waals surface area contributed by atoms with Gasteiger partial charge in [-0.2, -0.15) is 4.68 Å². The Morgan fingerprint density at radius 2 is 1.81 bits per heavy atom. The number of hydrogen-bond acceptors (Lipinski definition) is 7. The number of ether oxygens (including phenoxy) is 1. The second-order valence-electron chi connectivity index (χ2n) is 10.7. The van der Waals surface area contributed by atoms with Gasteiger partial charge in [0.2, 0.25) is 5.91 Å². The van der Waals surface area contributed by atoms with E-state index in [4.69, 9.17) is 27.9 Å². The lowest BCUT2D eigenvalue weighted by atomic mass is 9.86. The van der Waals surface area contributed by atoms with E-state index in [0.29, 0.717) is 28.4 Å². The topological polar surface area (TPSA) is 140 Å². The Kier molecular flexibility index (Phi) is 9.19. The molecule has 48 heavy (non-hydrogen) atoms. The number of halogens is 3. The summed E-state index contributed by atoms with van der Waals surface area (Å²) >= 11 is 12.7. The number of benzene rings is 4. The molecule has 2 N–H and O–H groups in total. The van der Waals surface area contributed by atoms with E-state index in [1.54, 1.807) is 31.4 Å². The summed E-state index contributed by atoms with van der Waals surface area (Å²) in [6.07, 6.45) is 4.09. The predicted octanol–water partition coefficient (Wildman–Crippen LogP) is 6.26. The van der Waals surface area contributed by atoms with Crippen molar-refractivity contribution < 1.29 is 28.6 Å². The molecule has 242 valence electrons. The summed E-state index contributed by atoms with van der Waals surface area (Å²) in [5.74, 6) is -2.42. The van der Waals surface area contributed by atoms with Gasteiger partial charge in [0, 0.05) is 29.4 Å². The van der Waals surface area contributed by atoms with Crippen LogP contribution >= 0.6 is 23.2 Å². The second kappa shape index (κ2) is 13.6. The third-order valence-corrected chi connectivity index (χ3v) is 8.52. The van der Waals surface area contributed by atoms with Crippen LogP contribution in [0.1, 0.15) is 33.1 Å². The summed E-state index contributed by atoms with van der Waals surface area (Å²) in [5.41, 5.74) is 3.50. The Morgan fingerprint density at radius 1 is 1.02 bits per heavy atom. The molecule has 2 amide bonds. The standard InChI is InChI=1S/C34H25Cl2FN6O5/c1-48-21-9-10-24(28(36)17-21)22-3-2-4-25-23(22)15-16-42(32(25)33(45)39-20-7-5-19(6-8-20)34(46)47)30(44)14-11-26-29(43-18-38-40-41-43)13-12-27(35)31(26)37/h2-14,17-18,32H,15-16H2,1H3,(H,39,45)(H,46,47)/b14-11+. The zero-order chi connectivity index (χ0) is 33.9. The molecule has 0 saturated carbocycles. The molecule has 14 heteroatoms. The maximum absolute atomic E-state index is 15.2. The lowest BCUT2D eigenvalue weighted by molar-refractivity contribution is -0.135. The molecule has 2 heterocycles. The number of nitrogens with zero attached hydrogens (tertiary/aromatic N) is 5. The number of nitrogens with one attached hydrogen (secondary N) is 1. The molecule has 11 nitrogen and oxygen atoms in total. The van der Waals surface area contributed by atoms with E-state index in [9.17, 15) is 19.5 Å². The van der Waals surface area contributed by atoms with Gasteiger partial charge in [-0.15, -0.1) is 5.10 Å². The van der Waals surface area contributed by atoms with E-state index in [-0.39, 0.29) is 28.4 Å². The van der Waals surface area contributed by atoms with Gasteiger partial charge in [0.1, 0.15) is 18.1 Å². The summed E-state index contributed by atoms with van der Waals surface area (Å²) in [6, 6.07) is 18.2. The lowest BCUT2D eigenvalue weighted by Crippen LogP contribution is -2.45. The first-order valence-corrected chi connectivity index (χ1v) is 15.2. The second-order valence-corrected chi connectivity index (χ2v) is 11.5. The highest BCUT2D eigenvalue weighted by atomic mass is 35.5. The number of carboxylic acids is 1. The van der Waals surface area contributed by atoms with Crippen molar-refractivity contribution >= 4 is 52.7 Å². The number of tetrazole rings is 1. The number of aromatic nitrogens is 4. The molecule has 5 aromatic rings. The number of fused-ring (bicyclic) bond motifs is 1.